The highest BCUT2D eigenvalue weighted by Gasteiger charge is 2.26. The number of carbonyl (C=O) groups is 1. The Bertz CT molecular complexity index is 722. The van der Waals surface area contributed by atoms with Crippen molar-refractivity contribution in [2.45, 2.75) is 25.3 Å². The van der Waals surface area contributed by atoms with Gasteiger partial charge < -0.3 is 16.0 Å². The number of hydrogen-bond acceptors (Lipinski definition) is 3. The Morgan fingerprint density at radius 1 is 1.42 bits per heavy atom. The van der Waals surface area contributed by atoms with Crippen molar-refractivity contribution in [2.75, 3.05) is 18.4 Å². The third kappa shape index (κ3) is 3.74. The van der Waals surface area contributed by atoms with E-state index in [1.165, 1.54) is 0 Å². The fourth-order valence-corrected chi connectivity index (χ4v) is 3.26. The van der Waals surface area contributed by atoms with Crippen LogP contribution in [0, 0.1) is 5.92 Å². The molecule has 0 aliphatic carbocycles. The number of rotatable bonds is 4. The molecule has 3 rings (SSSR count). The predicted molar refractivity (Wildman–Crippen MR) is 97.8 cm³/mol. The maximum absolute atomic E-state index is 12.4. The van der Waals surface area contributed by atoms with Gasteiger partial charge in [-0.3, -0.25) is 4.98 Å². The summed E-state index contributed by atoms with van der Waals surface area (Å²) in [6.07, 6.45) is 6.29. The molecular weight excluding hydrogens is 300 g/mol. The van der Waals surface area contributed by atoms with Crippen LogP contribution < -0.4 is 11.1 Å². The number of piperidine rings is 1. The van der Waals surface area contributed by atoms with E-state index < -0.39 is 0 Å². The normalized spacial score (nSPS) is 16.8. The zero-order valence-corrected chi connectivity index (χ0v) is 13.8. The topological polar surface area (TPSA) is 71.2 Å². The van der Waals surface area contributed by atoms with Crippen LogP contribution in [0.15, 0.2) is 49.2 Å². The standard InChI is InChI=1S/C19H24N4O/c1-2-5-17(20)14-8-10-23(11-9-14)19(24)22-16-12-15-6-3-4-7-18(15)21-13-16/h2-4,6-7,12-14,17H,1,5,8-11,20H2,(H,22,24). The lowest BCUT2D eigenvalue weighted by Gasteiger charge is -2.34. The number of likely N-dealkylation sites (tertiary alicyclic amines) is 1. The monoisotopic (exact) mass is 324 g/mol. The van der Waals surface area contributed by atoms with Crippen LogP contribution in [0.25, 0.3) is 10.9 Å². The van der Waals surface area contributed by atoms with Crippen LogP contribution in [0.1, 0.15) is 19.3 Å². The van der Waals surface area contributed by atoms with Crippen molar-refractivity contribution >= 4 is 22.6 Å². The Balaban J connectivity index is 1.58. The molecule has 0 bridgehead atoms. The Morgan fingerprint density at radius 2 is 2.17 bits per heavy atom. The van der Waals surface area contributed by atoms with Crippen LogP contribution in [0.3, 0.4) is 0 Å². The van der Waals surface area contributed by atoms with Gasteiger partial charge in [-0.2, -0.15) is 0 Å². The van der Waals surface area contributed by atoms with Crippen molar-refractivity contribution in [3.8, 4) is 0 Å². The molecule has 1 aromatic heterocycles. The molecule has 126 valence electrons. The van der Waals surface area contributed by atoms with E-state index in [2.05, 4.69) is 16.9 Å². The first-order valence-corrected chi connectivity index (χ1v) is 8.44. The molecule has 24 heavy (non-hydrogen) atoms. The largest absolute Gasteiger partial charge is 0.327 e. The van der Waals surface area contributed by atoms with E-state index in [0.717, 1.165) is 48.9 Å². The second kappa shape index (κ2) is 7.45. The van der Waals surface area contributed by atoms with Gasteiger partial charge in [0.05, 0.1) is 17.4 Å². The fraction of sp³-hybridized carbons (Fsp3) is 0.368. The predicted octanol–water partition coefficient (Wildman–Crippen LogP) is 3.38. The molecule has 0 radical (unpaired) electrons. The summed E-state index contributed by atoms with van der Waals surface area (Å²) in [5.74, 6) is 0.467. The van der Waals surface area contributed by atoms with E-state index in [1.807, 2.05) is 41.3 Å². The summed E-state index contributed by atoms with van der Waals surface area (Å²) in [5.41, 5.74) is 7.81. The minimum atomic E-state index is -0.0668. The maximum atomic E-state index is 12.4. The smallest absolute Gasteiger partial charge is 0.321 e. The molecule has 0 saturated carbocycles. The number of amides is 2. The molecule has 1 aliphatic rings. The number of carbonyl (C=O) groups excluding carboxylic acids is 1. The lowest BCUT2D eigenvalue weighted by Crippen LogP contribution is -2.44. The number of fused-ring (bicyclic) bond motifs is 1. The number of nitrogens with one attached hydrogen (secondary N) is 1. The van der Waals surface area contributed by atoms with Gasteiger partial charge in [0.1, 0.15) is 0 Å². The van der Waals surface area contributed by atoms with Crippen molar-refractivity contribution in [2.24, 2.45) is 11.7 Å². The van der Waals surface area contributed by atoms with E-state index >= 15 is 0 Å². The van der Waals surface area contributed by atoms with Crippen LogP contribution in [0.4, 0.5) is 10.5 Å². The second-order valence-corrected chi connectivity index (χ2v) is 6.36. The summed E-state index contributed by atoms with van der Waals surface area (Å²) in [4.78, 5) is 18.7. The van der Waals surface area contributed by atoms with Crippen molar-refractivity contribution < 1.29 is 4.79 Å². The lowest BCUT2D eigenvalue weighted by molar-refractivity contribution is 0.174. The van der Waals surface area contributed by atoms with Crippen molar-refractivity contribution in [3.05, 3.63) is 49.2 Å². The van der Waals surface area contributed by atoms with E-state index in [-0.39, 0.29) is 12.1 Å². The molecule has 0 spiro atoms. The minimum absolute atomic E-state index is 0.0668. The van der Waals surface area contributed by atoms with E-state index in [9.17, 15) is 4.79 Å². The summed E-state index contributed by atoms with van der Waals surface area (Å²) in [7, 11) is 0. The Kier molecular flexibility index (Phi) is 5.11. The Morgan fingerprint density at radius 3 is 2.92 bits per heavy atom. The Hall–Kier alpha value is -2.40. The second-order valence-electron chi connectivity index (χ2n) is 6.36. The average molecular weight is 324 g/mol. The van der Waals surface area contributed by atoms with Crippen molar-refractivity contribution in [1.82, 2.24) is 9.88 Å². The number of urea groups is 1. The molecule has 1 aromatic carbocycles. The number of nitrogens with two attached hydrogens (primary N) is 1. The lowest BCUT2D eigenvalue weighted by atomic mass is 9.88. The van der Waals surface area contributed by atoms with Gasteiger partial charge in [-0.15, -0.1) is 6.58 Å². The molecule has 1 fully saturated rings. The van der Waals surface area contributed by atoms with E-state index in [1.54, 1.807) is 6.20 Å². The van der Waals surface area contributed by atoms with Gasteiger partial charge >= 0.3 is 6.03 Å². The number of benzene rings is 1. The van der Waals surface area contributed by atoms with Gasteiger partial charge in [-0.1, -0.05) is 24.3 Å². The number of hydrogen-bond donors (Lipinski definition) is 2. The van der Waals surface area contributed by atoms with Crippen molar-refractivity contribution in [3.63, 3.8) is 0 Å². The molecule has 1 atom stereocenters. The quantitative estimate of drug-likeness (QED) is 0.847. The molecule has 1 aliphatic heterocycles. The van der Waals surface area contributed by atoms with Crippen LogP contribution in [0.5, 0.6) is 0 Å². The molecule has 5 heteroatoms. The summed E-state index contributed by atoms with van der Waals surface area (Å²) < 4.78 is 0. The van der Waals surface area contributed by atoms with Gasteiger partial charge in [-0.25, -0.2) is 4.79 Å². The van der Waals surface area contributed by atoms with Crippen LogP contribution >= 0.6 is 0 Å². The summed E-state index contributed by atoms with van der Waals surface area (Å²) in [6, 6.07) is 9.90. The van der Waals surface area contributed by atoms with Gasteiger partial charge in [0.2, 0.25) is 0 Å². The SMILES string of the molecule is C=CCC(N)C1CCN(C(=O)Nc2cnc3ccccc3c2)CC1. The number of anilines is 1. The fourth-order valence-electron chi connectivity index (χ4n) is 3.26. The molecule has 3 N–H and O–H groups in total. The molecule has 1 saturated heterocycles. The van der Waals surface area contributed by atoms with Crippen LogP contribution in [-0.4, -0.2) is 35.0 Å². The molecule has 2 heterocycles. The maximum Gasteiger partial charge on any atom is 0.321 e. The number of para-hydroxylation sites is 1. The summed E-state index contributed by atoms with van der Waals surface area (Å²) >= 11 is 0. The van der Waals surface area contributed by atoms with Crippen LogP contribution in [0.2, 0.25) is 0 Å². The first-order valence-electron chi connectivity index (χ1n) is 8.44. The molecule has 1 unspecified atom stereocenters. The molecular formula is C19H24N4O. The molecule has 2 amide bonds. The highest BCUT2D eigenvalue weighted by Crippen LogP contribution is 2.22. The van der Waals surface area contributed by atoms with Crippen molar-refractivity contribution in [1.29, 1.82) is 0 Å². The zero-order chi connectivity index (χ0) is 16.9. The molecule has 2 aromatic rings. The van der Waals surface area contributed by atoms with Crippen LogP contribution in [-0.2, 0) is 0 Å². The van der Waals surface area contributed by atoms with Gasteiger partial charge in [0, 0.05) is 24.5 Å². The van der Waals surface area contributed by atoms with E-state index in [4.69, 9.17) is 5.73 Å². The third-order valence-electron chi connectivity index (χ3n) is 4.71. The first-order chi connectivity index (χ1) is 11.7. The highest BCUT2D eigenvalue weighted by atomic mass is 16.2. The third-order valence-corrected chi connectivity index (χ3v) is 4.71. The zero-order valence-electron chi connectivity index (χ0n) is 13.8. The van der Waals surface area contributed by atoms with E-state index in [0.29, 0.717) is 5.92 Å². The highest BCUT2D eigenvalue weighted by molar-refractivity contribution is 5.92. The summed E-state index contributed by atoms with van der Waals surface area (Å²) in [5, 5.41) is 3.97. The van der Waals surface area contributed by atoms with Gasteiger partial charge in [0.25, 0.3) is 0 Å². The summed E-state index contributed by atoms with van der Waals surface area (Å²) in [6.45, 7) is 5.22. The number of pyridine rings is 1. The Labute approximate surface area is 142 Å². The van der Waals surface area contributed by atoms with Gasteiger partial charge in [0.15, 0.2) is 0 Å². The first kappa shape index (κ1) is 16.5. The molecule has 5 nitrogen and oxygen atoms in total. The average Bonchev–Trinajstić information content (AvgIpc) is 2.62. The minimum Gasteiger partial charge on any atom is -0.327 e. The number of aromatic nitrogens is 1. The van der Waals surface area contributed by atoms with Gasteiger partial charge in [-0.05, 0) is 37.3 Å². The number of nitrogens with zero attached hydrogens (tertiary/aromatic N) is 2.